The normalized spacial score (nSPS) is 10.7. The molecule has 0 heterocycles. The number of carbonyl (C=O) groups is 2. The van der Waals surface area contributed by atoms with Gasteiger partial charge in [0.25, 0.3) is 0 Å². The van der Waals surface area contributed by atoms with E-state index in [2.05, 4.69) is 0 Å². The molecule has 0 radical (unpaired) electrons. The summed E-state index contributed by atoms with van der Waals surface area (Å²) in [5, 5.41) is 18.9. The van der Waals surface area contributed by atoms with Crippen LogP contribution in [0.4, 0.5) is 0 Å². The number of aromatic hydroxyl groups is 1. The summed E-state index contributed by atoms with van der Waals surface area (Å²) in [4.78, 5) is 22.8. The summed E-state index contributed by atoms with van der Waals surface area (Å²) in [5.41, 5.74) is 0.775. The van der Waals surface area contributed by atoms with Crippen molar-refractivity contribution in [3.63, 3.8) is 0 Å². The van der Waals surface area contributed by atoms with Gasteiger partial charge in [-0.3, -0.25) is 4.79 Å². The topological polar surface area (TPSA) is 74.6 Å². The van der Waals surface area contributed by atoms with Crippen LogP contribution in [-0.2, 0) is 0 Å². The van der Waals surface area contributed by atoms with Crippen molar-refractivity contribution in [2.24, 2.45) is 0 Å². The number of hydrogen-bond acceptors (Lipinski definition) is 3. The molecule has 2 rings (SSSR count). The van der Waals surface area contributed by atoms with Crippen molar-refractivity contribution >= 4 is 29.4 Å². The minimum Gasteiger partial charge on any atom is -0.507 e. The molecule has 0 unspecified atom stereocenters. The highest BCUT2D eigenvalue weighted by Crippen LogP contribution is 2.19. The van der Waals surface area contributed by atoms with Gasteiger partial charge in [0.05, 0.1) is 0 Å². The molecule has 0 saturated heterocycles. The molecule has 4 nitrogen and oxygen atoms in total. The van der Waals surface area contributed by atoms with Crippen molar-refractivity contribution in [3.05, 3.63) is 70.3 Å². The van der Waals surface area contributed by atoms with Gasteiger partial charge in [-0.1, -0.05) is 23.7 Å². The van der Waals surface area contributed by atoms with E-state index in [9.17, 15) is 14.7 Å². The summed E-state index contributed by atoms with van der Waals surface area (Å²) < 4.78 is 0. The van der Waals surface area contributed by atoms with Crippen molar-refractivity contribution < 1.29 is 19.8 Å². The van der Waals surface area contributed by atoms with Crippen LogP contribution in [0.25, 0.3) is 6.08 Å². The number of carbonyl (C=O) groups excluding carboxylic acids is 1. The molecular weight excluding hydrogens is 292 g/mol. The molecule has 2 aromatic carbocycles. The van der Waals surface area contributed by atoms with E-state index in [4.69, 9.17) is 16.7 Å². The summed E-state index contributed by atoms with van der Waals surface area (Å²) >= 11 is 5.74. The molecule has 0 aliphatic heterocycles. The standard InChI is InChI=1S/C16H11ClO4/c17-12-5-3-11(4-6-12)14(18)7-1-10-2-8-15(19)13(9-10)16(20)21/h1-9,19H,(H,20,21)/b7-1-. The van der Waals surface area contributed by atoms with Gasteiger partial charge in [-0.05, 0) is 48.0 Å². The zero-order valence-corrected chi connectivity index (χ0v) is 11.5. The monoisotopic (exact) mass is 302 g/mol. The van der Waals surface area contributed by atoms with Gasteiger partial charge in [0, 0.05) is 10.6 Å². The highest BCUT2D eigenvalue weighted by molar-refractivity contribution is 6.30. The van der Waals surface area contributed by atoms with Gasteiger partial charge in [0.15, 0.2) is 5.78 Å². The molecule has 0 aliphatic rings. The number of hydrogen-bond donors (Lipinski definition) is 2. The van der Waals surface area contributed by atoms with Gasteiger partial charge >= 0.3 is 5.97 Å². The smallest absolute Gasteiger partial charge is 0.339 e. The maximum atomic E-state index is 11.9. The Morgan fingerprint density at radius 2 is 1.71 bits per heavy atom. The molecule has 21 heavy (non-hydrogen) atoms. The Hall–Kier alpha value is -2.59. The van der Waals surface area contributed by atoms with Crippen LogP contribution < -0.4 is 0 Å². The summed E-state index contributed by atoms with van der Waals surface area (Å²) in [5.74, 6) is -1.77. The number of allylic oxidation sites excluding steroid dienone is 1. The number of aromatic carboxylic acids is 1. The van der Waals surface area contributed by atoms with Gasteiger partial charge in [0.1, 0.15) is 11.3 Å². The number of ketones is 1. The van der Waals surface area contributed by atoms with Crippen LogP contribution in [0.2, 0.25) is 5.02 Å². The Morgan fingerprint density at radius 1 is 1.05 bits per heavy atom. The maximum absolute atomic E-state index is 11.9. The van der Waals surface area contributed by atoms with Crippen LogP contribution >= 0.6 is 11.6 Å². The third-order valence-electron chi connectivity index (χ3n) is 2.81. The van der Waals surface area contributed by atoms with Crippen LogP contribution in [0, 0.1) is 0 Å². The number of benzene rings is 2. The number of carboxylic acids is 1. The Morgan fingerprint density at radius 3 is 2.33 bits per heavy atom. The van der Waals surface area contributed by atoms with Crippen molar-refractivity contribution in [3.8, 4) is 5.75 Å². The third kappa shape index (κ3) is 3.70. The van der Waals surface area contributed by atoms with Gasteiger partial charge in [0.2, 0.25) is 0 Å². The van der Waals surface area contributed by atoms with Crippen molar-refractivity contribution in [1.29, 1.82) is 0 Å². The maximum Gasteiger partial charge on any atom is 0.339 e. The predicted octanol–water partition coefficient (Wildman–Crippen LogP) is 3.64. The molecular formula is C16H11ClO4. The number of phenols is 1. The lowest BCUT2D eigenvalue weighted by Gasteiger charge is -2.01. The Balaban J connectivity index is 2.21. The van der Waals surface area contributed by atoms with E-state index in [0.717, 1.165) is 0 Å². The van der Waals surface area contributed by atoms with Crippen molar-refractivity contribution in [2.75, 3.05) is 0 Å². The van der Waals surface area contributed by atoms with Crippen molar-refractivity contribution in [1.82, 2.24) is 0 Å². The molecule has 2 N–H and O–H groups in total. The SMILES string of the molecule is O=C(/C=C\c1ccc(O)c(C(=O)O)c1)c1ccc(Cl)cc1. The summed E-state index contributed by atoms with van der Waals surface area (Å²) in [6.45, 7) is 0. The first-order chi connectivity index (χ1) is 9.97. The lowest BCUT2D eigenvalue weighted by molar-refractivity contribution is 0.0693. The largest absolute Gasteiger partial charge is 0.507 e. The second-order valence-corrected chi connectivity index (χ2v) is 4.72. The predicted molar refractivity (Wildman–Crippen MR) is 79.9 cm³/mol. The van der Waals surface area contributed by atoms with Gasteiger partial charge < -0.3 is 10.2 Å². The Bertz CT molecular complexity index is 718. The molecule has 0 amide bonds. The van der Waals surface area contributed by atoms with E-state index in [-0.39, 0.29) is 17.1 Å². The lowest BCUT2D eigenvalue weighted by Crippen LogP contribution is -1.97. The van der Waals surface area contributed by atoms with E-state index >= 15 is 0 Å². The number of carboxylic acid groups (broad SMARTS) is 1. The van der Waals surface area contributed by atoms with Crippen LogP contribution in [0.3, 0.4) is 0 Å². The highest BCUT2D eigenvalue weighted by Gasteiger charge is 2.09. The van der Waals surface area contributed by atoms with Crippen LogP contribution in [-0.4, -0.2) is 22.0 Å². The number of rotatable bonds is 4. The van der Waals surface area contributed by atoms with Gasteiger partial charge in [-0.25, -0.2) is 4.79 Å². The minimum atomic E-state index is -1.23. The minimum absolute atomic E-state index is 0.212. The second-order valence-electron chi connectivity index (χ2n) is 4.29. The van der Waals surface area contributed by atoms with E-state index < -0.39 is 5.97 Å². The molecule has 5 heteroatoms. The average molecular weight is 303 g/mol. The fourth-order valence-corrected chi connectivity index (χ4v) is 1.84. The second kappa shape index (κ2) is 6.24. The summed E-state index contributed by atoms with van der Waals surface area (Å²) in [7, 11) is 0. The zero-order chi connectivity index (χ0) is 15.4. The molecule has 0 fully saturated rings. The Labute approximate surface area is 125 Å². The van der Waals surface area contributed by atoms with E-state index in [0.29, 0.717) is 16.1 Å². The lowest BCUT2D eigenvalue weighted by atomic mass is 10.1. The van der Waals surface area contributed by atoms with E-state index in [1.54, 1.807) is 24.3 Å². The molecule has 0 aliphatic carbocycles. The molecule has 0 bridgehead atoms. The Kier molecular flexibility index (Phi) is 4.40. The van der Waals surface area contributed by atoms with Crippen LogP contribution in [0.1, 0.15) is 26.3 Å². The fourth-order valence-electron chi connectivity index (χ4n) is 1.71. The molecule has 106 valence electrons. The molecule has 0 spiro atoms. The molecule has 0 saturated carbocycles. The average Bonchev–Trinajstić information content (AvgIpc) is 2.46. The van der Waals surface area contributed by atoms with Crippen molar-refractivity contribution in [2.45, 2.75) is 0 Å². The van der Waals surface area contributed by atoms with E-state index in [1.165, 1.54) is 30.4 Å². The molecule has 0 aromatic heterocycles. The molecule has 2 aromatic rings. The van der Waals surface area contributed by atoms with Gasteiger partial charge in [-0.2, -0.15) is 0 Å². The van der Waals surface area contributed by atoms with Gasteiger partial charge in [-0.15, -0.1) is 0 Å². The van der Waals surface area contributed by atoms with Crippen LogP contribution in [0.15, 0.2) is 48.5 Å². The third-order valence-corrected chi connectivity index (χ3v) is 3.06. The summed E-state index contributed by atoms with van der Waals surface area (Å²) in [6.07, 6.45) is 2.82. The summed E-state index contributed by atoms with van der Waals surface area (Å²) in [6, 6.07) is 10.5. The number of halogens is 1. The first kappa shape index (κ1) is 14.8. The first-order valence-electron chi connectivity index (χ1n) is 6.01. The first-order valence-corrected chi connectivity index (χ1v) is 6.39. The fraction of sp³-hybridized carbons (Fsp3) is 0. The molecule has 0 atom stereocenters. The highest BCUT2D eigenvalue weighted by atomic mass is 35.5. The van der Waals surface area contributed by atoms with Crippen LogP contribution in [0.5, 0.6) is 5.75 Å². The quantitative estimate of drug-likeness (QED) is 0.668. The zero-order valence-electron chi connectivity index (χ0n) is 10.8. The van der Waals surface area contributed by atoms with E-state index in [1.807, 2.05) is 0 Å².